The summed E-state index contributed by atoms with van der Waals surface area (Å²) in [4.78, 5) is 32.5. The molecular weight excluding hydrogens is 296 g/mol. The summed E-state index contributed by atoms with van der Waals surface area (Å²) < 4.78 is 1.54. The standard InChI is InChI=1S/C15H20N6O2.2H2/c1-5-9(2)12-11(14(23)16-3)7-17-15(19-12)20-13(22)10-6-18-21(4)8-10;;/h6-9H,5H2,1-4H3,(H,16,23)(H,17,19,20,22);2*1H. The molecule has 2 N–H and O–H groups in total. The van der Waals surface area contributed by atoms with E-state index in [1.165, 1.54) is 17.1 Å². The van der Waals surface area contributed by atoms with Crippen LogP contribution in [0, 0.1) is 0 Å². The Kier molecular flexibility index (Phi) is 5.05. The molecule has 0 fully saturated rings. The summed E-state index contributed by atoms with van der Waals surface area (Å²) in [5, 5.41) is 9.15. The van der Waals surface area contributed by atoms with E-state index in [9.17, 15) is 9.59 Å². The molecule has 1 atom stereocenters. The summed E-state index contributed by atoms with van der Waals surface area (Å²) in [5.74, 6) is -0.354. The van der Waals surface area contributed by atoms with Gasteiger partial charge in [-0.3, -0.25) is 19.6 Å². The molecular formula is C15H24N6O2. The van der Waals surface area contributed by atoms with Gasteiger partial charge < -0.3 is 5.32 Å². The molecule has 0 aliphatic rings. The first-order valence-electron chi connectivity index (χ1n) is 7.35. The predicted molar refractivity (Wildman–Crippen MR) is 89.5 cm³/mol. The minimum Gasteiger partial charge on any atom is -0.355 e. The van der Waals surface area contributed by atoms with Gasteiger partial charge in [-0.1, -0.05) is 13.8 Å². The molecule has 0 saturated carbocycles. The summed E-state index contributed by atoms with van der Waals surface area (Å²) in [5.41, 5.74) is 1.45. The highest BCUT2D eigenvalue weighted by Crippen LogP contribution is 2.21. The molecule has 2 amide bonds. The first-order chi connectivity index (χ1) is 11.0. The van der Waals surface area contributed by atoms with Crippen LogP contribution in [0.4, 0.5) is 5.95 Å². The Bertz CT molecular complexity index is 735. The molecule has 2 aromatic rings. The van der Waals surface area contributed by atoms with Gasteiger partial charge in [0.2, 0.25) is 5.95 Å². The van der Waals surface area contributed by atoms with E-state index in [0.29, 0.717) is 16.8 Å². The fraction of sp³-hybridized carbons (Fsp3) is 0.400. The first kappa shape index (κ1) is 16.6. The second-order valence-corrected chi connectivity index (χ2v) is 5.24. The lowest BCUT2D eigenvalue weighted by molar-refractivity contribution is 0.0960. The van der Waals surface area contributed by atoms with Crippen LogP contribution in [-0.4, -0.2) is 38.6 Å². The van der Waals surface area contributed by atoms with E-state index in [4.69, 9.17) is 0 Å². The maximum absolute atomic E-state index is 12.1. The lowest BCUT2D eigenvalue weighted by atomic mass is 10.0. The topological polar surface area (TPSA) is 102 Å². The molecule has 0 aliphatic heterocycles. The normalized spacial score (nSPS) is 11.8. The Morgan fingerprint density at radius 2 is 2.09 bits per heavy atom. The lowest BCUT2D eigenvalue weighted by Gasteiger charge is -2.14. The van der Waals surface area contributed by atoms with E-state index < -0.39 is 0 Å². The third-order valence-electron chi connectivity index (χ3n) is 3.56. The summed E-state index contributed by atoms with van der Waals surface area (Å²) in [6.07, 6.45) is 5.32. The van der Waals surface area contributed by atoms with E-state index >= 15 is 0 Å². The van der Waals surface area contributed by atoms with E-state index in [1.807, 2.05) is 13.8 Å². The van der Waals surface area contributed by atoms with Gasteiger partial charge in [-0.25, -0.2) is 9.97 Å². The largest absolute Gasteiger partial charge is 0.355 e. The molecule has 0 aromatic carbocycles. The number of aryl methyl sites for hydroxylation is 1. The fourth-order valence-corrected chi connectivity index (χ4v) is 2.05. The van der Waals surface area contributed by atoms with Crippen LogP contribution in [0.2, 0.25) is 0 Å². The third kappa shape index (κ3) is 3.71. The first-order valence-corrected chi connectivity index (χ1v) is 7.35. The number of hydrogen-bond donors (Lipinski definition) is 2. The monoisotopic (exact) mass is 320 g/mol. The summed E-state index contributed by atoms with van der Waals surface area (Å²) in [6, 6.07) is 0. The second-order valence-electron chi connectivity index (χ2n) is 5.24. The van der Waals surface area contributed by atoms with Crippen molar-refractivity contribution in [1.29, 1.82) is 0 Å². The van der Waals surface area contributed by atoms with Crippen molar-refractivity contribution in [2.45, 2.75) is 26.2 Å². The Labute approximate surface area is 137 Å². The van der Waals surface area contributed by atoms with Crippen molar-refractivity contribution in [1.82, 2.24) is 25.1 Å². The van der Waals surface area contributed by atoms with Crippen molar-refractivity contribution in [2.24, 2.45) is 7.05 Å². The van der Waals surface area contributed by atoms with Crippen LogP contribution >= 0.6 is 0 Å². The zero-order chi connectivity index (χ0) is 17.0. The molecule has 8 nitrogen and oxygen atoms in total. The number of hydrogen-bond acceptors (Lipinski definition) is 5. The van der Waals surface area contributed by atoms with Gasteiger partial charge in [-0.15, -0.1) is 0 Å². The molecule has 1 unspecified atom stereocenters. The summed E-state index contributed by atoms with van der Waals surface area (Å²) in [6.45, 7) is 3.98. The number of nitrogens with zero attached hydrogens (tertiary/aromatic N) is 4. The second kappa shape index (κ2) is 6.99. The number of rotatable bonds is 5. The van der Waals surface area contributed by atoms with Gasteiger partial charge in [0.05, 0.1) is 23.0 Å². The molecule has 0 saturated heterocycles. The van der Waals surface area contributed by atoms with Crippen LogP contribution in [0.3, 0.4) is 0 Å². The fourth-order valence-electron chi connectivity index (χ4n) is 2.05. The number of nitrogens with one attached hydrogen (secondary N) is 2. The van der Waals surface area contributed by atoms with Gasteiger partial charge in [0.1, 0.15) is 0 Å². The van der Waals surface area contributed by atoms with Gasteiger partial charge in [0.15, 0.2) is 0 Å². The molecule has 0 radical (unpaired) electrons. The van der Waals surface area contributed by atoms with E-state index in [0.717, 1.165) is 6.42 Å². The van der Waals surface area contributed by atoms with Crippen LogP contribution in [0.5, 0.6) is 0 Å². The quantitative estimate of drug-likeness (QED) is 0.875. The molecule has 8 heteroatoms. The molecule has 23 heavy (non-hydrogen) atoms. The Morgan fingerprint density at radius 1 is 1.35 bits per heavy atom. The van der Waals surface area contributed by atoms with Crippen molar-refractivity contribution >= 4 is 17.8 Å². The van der Waals surface area contributed by atoms with Crippen LogP contribution in [0.1, 0.15) is 55.4 Å². The number of carbonyl (C=O) groups excluding carboxylic acids is 2. The molecule has 0 aliphatic carbocycles. The number of carbonyl (C=O) groups is 2. The average molecular weight is 320 g/mol. The zero-order valence-electron chi connectivity index (χ0n) is 13.6. The number of aromatic nitrogens is 4. The number of anilines is 1. The molecule has 0 bridgehead atoms. The minimum absolute atomic E-state index is 0. The van der Waals surface area contributed by atoms with E-state index in [2.05, 4.69) is 25.7 Å². The number of amides is 2. The maximum Gasteiger partial charge on any atom is 0.261 e. The molecule has 2 aromatic heterocycles. The SMILES string of the molecule is CCC(C)c1nc(NC(=O)c2cnn(C)c2)ncc1C(=O)NC.[HH].[HH]. The summed E-state index contributed by atoms with van der Waals surface area (Å²) in [7, 11) is 3.29. The molecule has 2 rings (SSSR count). The van der Waals surface area contributed by atoms with Gasteiger partial charge in [0, 0.05) is 29.3 Å². The predicted octanol–water partition coefficient (Wildman–Crippen LogP) is 1.83. The van der Waals surface area contributed by atoms with Crippen LogP contribution in [0.25, 0.3) is 0 Å². The van der Waals surface area contributed by atoms with Gasteiger partial charge in [-0.2, -0.15) is 5.10 Å². The molecule has 126 valence electrons. The van der Waals surface area contributed by atoms with Crippen molar-refractivity contribution in [3.8, 4) is 0 Å². The zero-order valence-corrected chi connectivity index (χ0v) is 13.6. The highest BCUT2D eigenvalue weighted by Gasteiger charge is 2.19. The highest BCUT2D eigenvalue weighted by atomic mass is 16.2. The van der Waals surface area contributed by atoms with Crippen molar-refractivity contribution in [2.75, 3.05) is 12.4 Å². The van der Waals surface area contributed by atoms with Crippen molar-refractivity contribution in [3.05, 3.63) is 35.4 Å². The van der Waals surface area contributed by atoms with Crippen LogP contribution < -0.4 is 10.6 Å². The van der Waals surface area contributed by atoms with Gasteiger partial charge in [0.25, 0.3) is 11.8 Å². The Balaban J connectivity index is 0.00000288. The smallest absolute Gasteiger partial charge is 0.261 e. The third-order valence-corrected chi connectivity index (χ3v) is 3.56. The van der Waals surface area contributed by atoms with Crippen molar-refractivity contribution in [3.63, 3.8) is 0 Å². The van der Waals surface area contributed by atoms with E-state index in [-0.39, 0.29) is 26.5 Å². The Morgan fingerprint density at radius 3 is 2.65 bits per heavy atom. The maximum atomic E-state index is 12.1. The highest BCUT2D eigenvalue weighted by molar-refractivity contribution is 6.03. The van der Waals surface area contributed by atoms with Gasteiger partial charge in [-0.05, 0) is 12.3 Å². The molecule has 0 spiro atoms. The van der Waals surface area contributed by atoms with Crippen LogP contribution in [-0.2, 0) is 7.05 Å². The Hall–Kier alpha value is -2.77. The van der Waals surface area contributed by atoms with E-state index in [1.54, 1.807) is 20.3 Å². The van der Waals surface area contributed by atoms with Crippen molar-refractivity contribution < 1.29 is 12.4 Å². The van der Waals surface area contributed by atoms with Gasteiger partial charge >= 0.3 is 0 Å². The average Bonchev–Trinajstić information content (AvgIpc) is 3.00. The lowest BCUT2D eigenvalue weighted by Crippen LogP contribution is -2.23. The molecule has 2 heterocycles. The van der Waals surface area contributed by atoms with Crippen LogP contribution in [0.15, 0.2) is 18.6 Å². The summed E-state index contributed by atoms with van der Waals surface area (Å²) >= 11 is 0. The minimum atomic E-state index is -0.346.